The smallest absolute Gasteiger partial charge is 0.215 e. The van der Waals surface area contributed by atoms with E-state index in [0.29, 0.717) is 22.9 Å². The Morgan fingerprint density at radius 3 is 3.00 bits per heavy atom. The molecular formula is C12H19N3OS. The van der Waals surface area contributed by atoms with E-state index in [4.69, 9.17) is 10.5 Å². The molecule has 2 atom stereocenters. The number of ether oxygens (including phenoxy) is 1. The fraction of sp³-hybridized carbons (Fsp3) is 0.583. The molecule has 0 amide bonds. The number of nitrogens with zero attached hydrogens (tertiary/aromatic N) is 1. The Morgan fingerprint density at radius 1 is 1.47 bits per heavy atom. The molecule has 1 fully saturated rings. The van der Waals surface area contributed by atoms with Gasteiger partial charge in [-0.2, -0.15) is 16.7 Å². The number of nitrogens with two attached hydrogens (primary N) is 1. The summed E-state index contributed by atoms with van der Waals surface area (Å²) in [4.78, 5) is 4.36. The van der Waals surface area contributed by atoms with Gasteiger partial charge in [0.15, 0.2) is 5.82 Å². The van der Waals surface area contributed by atoms with Gasteiger partial charge < -0.3 is 15.8 Å². The number of aromatic nitrogens is 1. The molecule has 5 heteroatoms. The van der Waals surface area contributed by atoms with Gasteiger partial charge in [-0.15, -0.1) is 0 Å². The van der Waals surface area contributed by atoms with Gasteiger partial charge in [-0.05, 0) is 25.2 Å². The molecule has 2 unspecified atom stereocenters. The topological polar surface area (TPSA) is 60.2 Å². The second-order valence-corrected chi connectivity index (χ2v) is 5.32. The number of methoxy groups -OCH3 is 1. The summed E-state index contributed by atoms with van der Waals surface area (Å²) in [6.45, 7) is 0. The molecule has 1 aliphatic rings. The predicted octanol–water partition coefficient (Wildman–Crippen LogP) is 2.37. The summed E-state index contributed by atoms with van der Waals surface area (Å²) in [6, 6.07) is 4.07. The Morgan fingerprint density at radius 2 is 2.29 bits per heavy atom. The van der Waals surface area contributed by atoms with Crippen LogP contribution in [-0.4, -0.2) is 29.6 Å². The van der Waals surface area contributed by atoms with Gasteiger partial charge in [-0.3, -0.25) is 0 Å². The first-order valence-corrected chi connectivity index (χ1v) is 7.13. The van der Waals surface area contributed by atoms with Gasteiger partial charge in [0.05, 0.1) is 12.8 Å². The number of rotatable bonds is 4. The monoisotopic (exact) mass is 253 g/mol. The van der Waals surface area contributed by atoms with Crippen LogP contribution in [-0.2, 0) is 0 Å². The van der Waals surface area contributed by atoms with Crippen LogP contribution in [0.5, 0.6) is 5.88 Å². The molecule has 4 nitrogen and oxygen atoms in total. The van der Waals surface area contributed by atoms with Gasteiger partial charge in [0.2, 0.25) is 5.88 Å². The number of thioether (sulfide) groups is 1. The second kappa shape index (κ2) is 5.49. The Balaban J connectivity index is 2.12. The van der Waals surface area contributed by atoms with Crippen molar-refractivity contribution in [2.45, 2.75) is 30.6 Å². The normalized spacial score (nSPS) is 23.6. The van der Waals surface area contributed by atoms with Crippen molar-refractivity contribution >= 4 is 23.3 Å². The highest BCUT2D eigenvalue weighted by atomic mass is 32.2. The van der Waals surface area contributed by atoms with Crippen molar-refractivity contribution in [2.75, 3.05) is 24.4 Å². The van der Waals surface area contributed by atoms with Crippen molar-refractivity contribution in [3.8, 4) is 5.88 Å². The predicted molar refractivity (Wildman–Crippen MR) is 73.8 cm³/mol. The van der Waals surface area contributed by atoms with Crippen LogP contribution in [0, 0.1) is 0 Å². The van der Waals surface area contributed by atoms with Gasteiger partial charge in [0.1, 0.15) is 0 Å². The van der Waals surface area contributed by atoms with Gasteiger partial charge in [-0.1, -0.05) is 6.42 Å². The molecule has 94 valence electrons. The van der Waals surface area contributed by atoms with E-state index in [9.17, 15) is 0 Å². The Bertz CT molecular complexity index is 386. The standard InChI is InChI=1S/C12H19N3OS/c1-16-11-7-6-8(13)12(15-11)14-9-4-3-5-10(9)17-2/h6-7,9-10H,3-5,13H2,1-2H3,(H,14,15). The molecule has 2 rings (SSSR count). The van der Waals surface area contributed by atoms with E-state index in [1.807, 2.05) is 17.8 Å². The number of hydrogen-bond donors (Lipinski definition) is 2. The van der Waals surface area contributed by atoms with E-state index in [2.05, 4.69) is 16.6 Å². The number of nitrogens with one attached hydrogen (secondary N) is 1. The zero-order valence-electron chi connectivity index (χ0n) is 10.3. The van der Waals surface area contributed by atoms with Crippen LogP contribution in [0.3, 0.4) is 0 Å². The van der Waals surface area contributed by atoms with Crippen LogP contribution in [0.2, 0.25) is 0 Å². The Kier molecular flexibility index (Phi) is 3.99. The fourth-order valence-electron chi connectivity index (χ4n) is 2.23. The second-order valence-electron chi connectivity index (χ2n) is 4.25. The quantitative estimate of drug-likeness (QED) is 0.862. The molecule has 1 saturated carbocycles. The van der Waals surface area contributed by atoms with E-state index >= 15 is 0 Å². The average molecular weight is 253 g/mol. The Labute approximate surface area is 106 Å². The van der Waals surface area contributed by atoms with Crippen molar-refractivity contribution in [3.05, 3.63) is 12.1 Å². The highest BCUT2D eigenvalue weighted by molar-refractivity contribution is 7.99. The summed E-state index contributed by atoms with van der Waals surface area (Å²) < 4.78 is 5.12. The van der Waals surface area contributed by atoms with Crippen LogP contribution in [0.1, 0.15) is 19.3 Å². The largest absolute Gasteiger partial charge is 0.481 e. The number of anilines is 2. The first-order valence-electron chi connectivity index (χ1n) is 5.84. The summed E-state index contributed by atoms with van der Waals surface area (Å²) in [5.74, 6) is 1.34. The minimum Gasteiger partial charge on any atom is -0.481 e. The molecule has 0 aliphatic heterocycles. The van der Waals surface area contributed by atoms with Crippen LogP contribution < -0.4 is 15.8 Å². The van der Waals surface area contributed by atoms with E-state index in [0.717, 1.165) is 5.82 Å². The maximum absolute atomic E-state index is 5.92. The molecular weight excluding hydrogens is 234 g/mol. The lowest BCUT2D eigenvalue weighted by atomic mass is 10.2. The number of nitrogen functional groups attached to an aromatic ring is 1. The molecule has 1 aromatic heterocycles. The zero-order valence-corrected chi connectivity index (χ0v) is 11.1. The molecule has 1 heterocycles. The summed E-state index contributed by atoms with van der Waals surface area (Å²) >= 11 is 1.91. The summed E-state index contributed by atoms with van der Waals surface area (Å²) in [6.07, 6.45) is 5.88. The van der Waals surface area contributed by atoms with Crippen LogP contribution in [0.25, 0.3) is 0 Å². The molecule has 3 N–H and O–H groups in total. The summed E-state index contributed by atoms with van der Waals surface area (Å²) in [5.41, 5.74) is 6.60. The van der Waals surface area contributed by atoms with Crippen molar-refractivity contribution < 1.29 is 4.74 Å². The van der Waals surface area contributed by atoms with Gasteiger partial charge >= 0.3 is 0 Å². The highest BCUT2D eigenvalue weighted by Crippen LogP contribution is 2.32. The van der Waals surface area contributed by atoms with Gasteiger partial charge in [-0.25, -0.2) is 0 Å². The SMILES string of the molecule is COc1ccc(N)c(NC2CCCC2SC)n1. The molecule has 0 saturated heterocycles. The molecule has 1 aromatic rings. The minimum atomic E-state index is 0.465. The lowest BCUT2D eigenvalue weighted by molar-refractivity contribution is 0.398. The van der Waals surface area contributed by atoms with Crippen LogP contribution in [0.4, 0.5) is 11.5 Å². The third-order valence-corrected chi connectivity index (χ3v) is 4.36. The van der Waals surface area contributed by atoms with E-state index < -0.39 is 0 Å². The number of hydrogen-bond acceptors (Lipinski definition) is 5. The lowest BCUT2D eigenvalue weighted by Gasteiger charge is -2.20. The van der Waals surface area contributed by atoms with Gasteiger partial charge in [0.25, 0.3) is 0 Å². The molecule has 0 bridgehead atoms. The third-order valence-electron chi connectivity index (χ3n) is 3.19. The molecule has 1 aliphatic carbocycles. The van der Waals surface area contributed by atoms with E-state index in [1.54, 1.807) is 13.2 Å². The van der Waals surface area contributed by atoms with Crippen LogP contribution >= 0.6 is 11.8 Å². The van der Waals surface area contributed by atoms with Crippen molar-refractivity contribution in [1.29, 1.82) is 0 Å². The number of pyridine rings is 1. The maximum Gasteiger partial charge on any atom is 0.215 e. The van der Waals surface area contributed by atoms with Crippen LogP contribution in [0.15, 0.2) is 12.1 Å². The molecule has 0 spiro atoms. The van der Waals surface area contributed by atoms with E-state index in [-0.39, 0.29) is 0 Å². The van der Waals surface area contributed by atoms with E-state index in [1.165, 1.54) is 19.3 Å². The van der Waals surface area contributed by atoms with Crippen molar-refractivity contribution in [1.82, 2.24) is 4.98 Å². The Hall–Kier alpha value is -1.10. The molecule has 17 heavy (non-hydrogen) atoms. The molecule has 0 radical (unpaired) electrons. The molecule has 0 aromatic carbocycles. The third kappa shape index (κ3) is 2.77. The zero-order chi connectivity index (χ0) is 12.3. The summed E-state index contributed by atoms with van der Waals surface area (Å²) in [7, 11) is 1.61. The van der Waals surface area contributed by atoms with Gasteiger partial charge in [0, 0.05) is 17.4 Å². The fourth-order valence-corrected chi connectivity index (χ4v) is 3.17. The highest BCUT2D eigenvalue weighted by Gasteiger charge is 2.27. The lowest BCUT2D eigenvalue weighted by Crippen LogP contribution is -2.26. The van der Waals surface area contributed by atoms with Crippen molar-refractivity contribution in [3.63, 3.8) is 0 Å². The maximum atomic E-state index is 5.92. The first-order chi connectivity index (χ1) is 8.24. The minimum absolute atomic E-state index is 0.465. The van der Waals surface area contributed by atoms with Crippen molar-refractivity contribution in [2.24, 2.45) is 0 Å². The summed E-state index contributed by atoms with van der Waals surface area (Å²) in [5, 5.41) is 4.10. The average Bonchev–Trinajstić information content (AvgIpc) is 2.79. The first kappa shape index (κ1) is 12.4.